The molecule has 0 aliphatic carbocycles. The molecule has 2 aromatic carbocycles. The summed E-state index contributed by atoms with van der Waals surface area (Å²) in [5, 5.41) is 45.3. The fourth-order valence-electron chi connectivity index (χ4n) is 6.87. The Labute approximate surface area is 362 Å². The number of rotatable bonds is 23. The van der Waals surface area contributed by atoms with E-state index in [4.69, 9.17) is 10.8 Å². The van der Waals surface area contributed by atoms with E-state index in [9.17, 15) is 48.6 Å². The first-order chi connectivity index (χ1) is 29.8. The van der Waals surface area contributed by atoms with Crippen LogP contribution in [0.4, 0.5) is 0 Å². The molecule has 20 heteroatoms. The van der Waals surface area contributed by atoms with E-state index in [1.165, 1.54) is 6.92 Å². The van der Waals surface area contributed by atoms with Gasteiger partial charge in [0.05, 0.1) is 19.1 Å². The Morgan fingerprint density at radius 2 is 1.06 bits per heavy atom. The van der Waals surface area contributed by atoms with Gasteiger partial charge in [0.15, 0.2) is 0 Å². The normalized spacial score (nSPS) is 15.2. The zero-order valence-electron chi connectivity index (χ0n) is 35.7. The number of carbonyl (C=O) groups is 8. The van der Waals surface area contributed by atoms with Gasteiger partial charge in [-0.25, -0.2) is 4.79 Å². The monoisotopic (exact) mass is 875 g/mol. The van der Waals surface area contributed by atoms with Crippen LogP contribution >= 0.6 is 0 Å². The Morgan fingerprint density at radius 3 is 1.54 bits per heavy atom. The third kappa shape index (κ3) is 13.1. The summed E-state index contributed by atoms with van der Waals surface area (Å²) in [5.41, 5.74) is 8.40. The Balaban J connectivity index is 1.60. The number of nitrogens with two attached hydrogens (primary N) is 1. The van der Waals surface area contributed by atoms with Crippen molar-refractivity contribution in [3.8, 4) is 0 Å². The van der Waals surface area contributed by atoms with Crippen LogP contribution in [0.5, 0.6) is 0 Å². The number of carboxylic acid groups (broad SMARTS) is 2. The van der Waals surface area contributed by atoms with Crippen LogP contribution in [0.15, 0.2) is 60.9 Å². The van der Waals surface area contributed by atoms with Crippen molar-refractivity contribution in [2.24, 2.45) is 17.6 Å². The summed E-state index contributed by atoms with van der Waals surface area (Å²) >= 11 is 0. The van der Waals surface area contributed by atoms with Gasteiger partial charge in [-0.3, -0.25) is 33.6 Å². The molecule has 2 aromatic heterocycles. The fraction of sp³-hybridized carbons (Fsp3) is 0.442. The number of carbonyl (C=O) groups excluding carboxylic acids is 6. The van der Waals surface area contributed by atoms with E-state index in [1.54, 1.807) is 40.1 Å². The summed E-state index contributed by atoms with van der Waals surface area (Å²) < 4.78 is 0. The molecule has 0 saturated heterocycles. The number of aliphatic hydroxyl groups excluding tert-OH is 1. The molecule has 0 fully saturated rings. The van der Waals surface area contributed by atoms with Gasteiger partial charge in [-0.1, -0.05) is 70.5 Å². The molecule has 20 nitrogen and oxygen atoms in total. The number of H-pyrrole nitrogens is 2. The maximum atomic E-state index is 14.5. The van der Waals surface area contributed by atoms with E-state index in [-0.39, 0.29) is 12.8 Å². The molecule has 0 saturated carbocycles. The third-order valence-corrected chi connectivity index (χ3v) is 10.8. The van der Waals surface area contributed by atoms with Gasteiger partial charge >= 0.3 is 11.9 Å². The molecular weight excluding hydrogens is 819 g/mol. The lowest BCUT2D eigenvalue weighted by molar-refractivity contribution is -0.143. The van der Waals surface area contributed by atoms with Gasteiger partial charge in [0.2, 0.25) is 35.4 Å². The second-order valence-corrected chi connectivity index (χ2v) is 15.9. The number of aliphatic carboxylic acids is 2. The van der Waals surface area contributed by atoms with E-state index in [2.05, 4.69) is 41.9 Å². The zero-order chi connectivity index (χ0) is 46.5. The van der Waals surface area contributed by atoms with Crippen molar-refractivity contribution < 1.29 is 53.7 Å². The standard InChI is InChI=1S/C43H57N9O11/c1-6-22(4)36(52-37(56)23(5)47-41(60)33(20-53)50-38(57)28(44)17-34(54)55)42(61)49-31(15-24-18-45-29-13-9-7-11-26(24)29)39(58)48-32(40(59)51-35(21(2)3)43(62)63)16-25-19-46-30-14-10-8-12-27(25)30/h7-14,18-19,21-23,28,31-33,35-36,45-46,53H,6,15-17,20,44H2,1-5H3,(H,47,60)(H,48,58)(H,49,61)(H,50,57)(H,51,59)(H,52,56)(H,54,55)(H,62,63)/t22-,23-,28-,31-,32-,33-,35-,36-/m0/s1. The van der Waals surface area contributed by atoms with Gasteiger partial charge in [0.25, 0.3) is 0 Å². The summed E-state index contributed by atoms with van der Waals surface area (Å²) in [6, 6.07) is 4.99. The number of aromatic nitrogens is 2. The quantitative estimate of drug-likeness (QED) is 0.0467. The summed E-state index contributed by atoms with van der Waals surface area (Å²) in [5.74, 6) is -8.81. The Hall–Kier alpha value is -6.80. The SMILES string of the molecule is CC[C@H](C)[C@H](NC(=O)[C@H](C)NC(=O)[C@H](CO)NC(=O)[C@@H](N)CC(=O)O)C(=O)N[C@@H](Cc1c[nH]c2ccccc12)C(=O)N[C@@H](Cc1c[nH]c2ccccc12)C(=O)N[C@H](C(=O)O)C(C)C. The molecule has 0 unspecified atom stereocenters. The van der Waals surface area contributed by atoms with Gasteiger partial charge < -0.3 is 62.9 Å². The summed E-state index contributed by atoms with van der Waals surface area (Å²) in [4.78, 5) is 111. The van der Waals surface area contributed by atoms with E-state index >= 15 is 0 Å². The summed E-state index contributed by atoms with van der Waals surface area (Å²) in [6.07, 6.45) is 2.89. The summed E-state index contributed by atoms with van der Waals surface area (Å²) in [6.45, 7) is 7.12. The fourth-order valence-corrected chi connectivity index (χ4v) is 6.87. The minimum atomic E-state index is -1.59. The first kappa shape index (κ1) is 48.9. The van der Waals surface area contributed by atoms with Gasteiger partial charge in [-0.15, -0.1) is 0 Å². The highest BCUT2D eigenvalue weighted by Crippen LogP contribution is 2.22. The number of hydrogen-bond acceptors (Lipinski definition) is 10. The zero-order valence-corrected chi connectivity index (χ0v) is 35.7. The average Bonchev–Trinajstić information content (AvgIpc) is 3.85. The first-order valence-corrected chi connectivity index (χ1v) is 20.6. The molecule has 2 heterocycles. The molecule has 0 spiro atoms. The molecule has 0 aliphatic rings. The molecule has 340 valence electrons. The van der Waals surface area contributed by atoms with Crippen LogP contribution in [0, 0.1) is 11.8 Å². The van der Waals surface area contributed by atoms with Gasteiger partial charge in [0.1, 0.15) is 36.3 Å². The van der Waals surface area contributed by atoms with E-state index < -0.39 is 115 Å². The predicted octanol–water partition coefficient (Wildman–Crippen LogP) is -0.0559. The molecule has 0 radical (unpaired) electrons. The van der Waals surface area contributed by atoms with Crippen LogP contribution < -0.4 is 37.6 Å². The lowest BCUT2D eigenvalue weighted by Gasteiger charge is -2.29. The van der Waals surface area contributed by atoms with Crippen LogP contribution in [0.1, 0.15) is 58.6 Å². The smallest absolute Gasteiger partial charge is 0.326 e. The van der Waals surface area contributed by atoms with Crippen molar-refractivity contribution in [2.75, 3.05) is 6.61 Å². The maximum absolute atomic E-state index is 14.5. The number of aromatic amines is 2. The minimum Gasteiger partial charge on any atom is -0.481 e. The van der Waals surface area contributed by atoms with Crippen molar-refractivity contribution >= 4 is 69.2 Å². The number of hydrogen-bond donors (Lipinski definition) is 12. The van der Waals surface area contributed by atoms with Crippen LogP contribution in [0.3, 0.4) is 0 Å². The third-order valence-electron chi connectivity index (χ3n) is 10.8. The molecule has 8 atom stereocenters. The van der Waals surface area contributed by atoms with Crippen LogP contribution in [-0.4, -0.2) is 122 Å². The largest absolute Gasteiger partial charge is 0.481 e. The predicted molar refractivity (Wildman–Crippen MR) is 231 cm³/mol. The van der Waals surface area contributed by atoms with E-state index in [0.717, 1.165) is 21.8 Å². The number of amides is 6. The maximum Gasteiger partial charge on any atom is 0.326 e. The molecule has 6 amide bonds. The number of aliphatic hydroxyl groups is 1. The highest BCUT2D eigenvalue weighted by Gasteiger charge is 2.35. The number of benzene rings is 2. The number of para-hydroxylation sites is 2. The second-order valence-electron chi connectivity index (χ2n) is 15.9. The molecule has 4 aromatic rings. The van der Waals surface area contributed by atoms with Gasteiger partial charge in [-0.05, 0) is 42.0 Å². The molecule has 63 heavy (non-hydrogen) atoms. The molecule has 0 bridgehead atoms. The molecule has 4 rings (SSSR count). The van der Waals surface area contributed by atoms with E-state index in [1.807, 2.05) is 48.5 Å². The molecule has 0 aliphatic heterocycles. The van der Waals surface area contributed by atoms with Crippen LogP contribution in [-0.2, 0) is 51.2 Å². The Morgan fingerprint density at radius 1 is 0.603 bits per heavy atom. The molecule has 13 N–H and O–H groups in total. The van der Waals surface area contributed by atoms with Gasteiger partial charge in [-0.2, -0.15) is 0 Å². The Kier molecular flexibility index (Phi) is 17.3. The lowest BCUT2D eigenvalue weighted by Crippen LogP contribution is -2.61. The van der Waals surface area contributed by atoms with E-state index in [0.29, 0.717) is 17.5 Å². The highest BCUT2D eigenvalue weighted by molar-refractivity contribution is 5.98. The summed E-state index contributed by atoms with van der Waals surface area (Å²) in [7, 11) is 0. The minimum absolute atomic E-state index is 0.0507. The van der Waals surface area contributed by atoms with Gasteiger partial charge in [0, 0.05) is 47.0 Å². The van der Waals surface area contributed by atoms with Crippen molar-refractivity contribution in [3.05, 3.63) is 72.1 Å². The molecular formula is C43H57N9O11. The topological polar surface area (TPSA) is 327 Å². The van der Waals surface area contributed by atoms with Crippen LogP contribution in [0.2, 0.25) is 0 Å². The lowest BCUT2D eigenvalue weighted by atomic mass is 9.96. The Bertz CT molecular complexity index is 2290. The number of carboxylic acids is 2. The second kappa shape index (κ2) is 22.3. The highest BCUT2D eigenvalue weighted by atomic mass is 16.4. The van der Waals surface area contributed by atoms with Crippen molar-refractivity contribution in [2.45, 2.75) is 103 Å². The number of nitrogens with one attached hydrogen (secondary N) is 8. The van der Waals surface area contributed by atoms with Crippen molar-refractivity contribution in [1.29, 1.82) is 0 Å². The average molecular weight is 876 g/mol. The van der Waals surface area contributed by atoms with Crippen LogP contribution in [0.25, 0.3) is 21.8 Å². The first-order valence-electron chi connectivity index (χ1n) is 20.6. The number of fused-ring (bicyclic) bond motifs is 2. The van der Waals surface area contributed by atoms with Crippen molar-refractivity contribution in [1.82, 2.24) is 41.9 Å². The van der Waals surface area contributed by atoms with Crippen molar-refractivity contribution in [3.63, 3.8) is 0 Å².